The molecule has 6 bridgehead atoms. The Morgan fingerprint density at radius 2 is 0.556 bits per heavy atom. The minimum Gasteiger partial charge on any atom is -0.483 e. The number of carbonyl (C=O) groups is 3. The van der Waals surface area contributed by atoms with Gasteiger partial charge in [0.1, 0.15) is 17.2 Å². The summed E-state index contributed by atoms with van der Waals surface area (Å²) in [5, 5.41) is 0. The van der Waals surface area contributed by atoms with E-state index in [4.69, 9.17) is 28.4 Å². The summed E-state index contributed by atoms with van der Waals surface area (Å²) >= 11 is 0. The number of fused-ring (bicyclic) bond motifs is 6. The van der Waals surface area contributed by atoms with Crippen LogP contribution < -0.4 is 14.2 Å². The lowest BCUT2D eigenvalue weighted by molar-refractivity contribution is -0.134. The molecule has 0 fully saturated rings. The Hall–Kier alpha value is -4.65. The summed E-state index contributed by atoms with van der Waals surface area (Å²) in [4.78, 5) is 47.1. The van der Waals surface area contributed by atoms with Gasteiger partial charge in [0.15, 0.2) is 19.8 Å². The highest BCUT2D eigenvalue weighted by molar-refractivity contribution is 5.79. The largest absolute Gasteiger partial charge is 0.483 e. The predicted octanol–water partition coefficient (Wildman–Crippen LogP) is 12.1. The normalized spacial score (nSPS) is 13.7. The molecule has 3 amide bonds. The van der Waals surface area contributed by atoms with Crippen molar-refractivity contribution >= 4 is 17.7 Å². The van der Waals surface area contributed by atoms with Crippen molar-refractivity contribution in [3.63, 3.8) is 0 Å². The van der Waals surface area contributed by atoms with E-state index in [2.05, 4.69) is 140 Å². The Labute approximate surface area is 434 Å². The van der Waals surface area contributed by atoms with Crippen LogP contribution in [-0.4, -0.2) is 91.5 Å². The zero-order valence-corrected chi connectivity index (χ0v) is 47.3. The van der Waals surface area contributed by atoms with Crippen molar-refractivity contribution in [1.29, 1.82) is 0 Å². The van der Waals surface area contributed by atoms with Crippen LogP contribution in [-0.2, 0) is 84.5 Å². The Balaban J connectivity index is 2.00. The van der Waals surface area contributed by atoms with E-state index in [0.717, 1.165) is 88.6 Å². The summed E-state index contributed by atoms with van der Waals surface area (Å²) in [5.74, 6) is 1.42. The minimum atomic E-state index is -0.256. The quantitative estimate of drug-likeness (QED) is 0.103. The summed E-state index contributed by atoms with van der Waals surface area (Å²) in [6, 6.07) is 12.7. The van der Waals surface area contributed by atoms with Crippen LogP contribution in [0.5, 0.6) is 17.2 Å². The SMILES string of the molecule is CCCN(CCC)C(=O)COc1c2cc(C(C)(C)C)cc1COCc1cc(C(C)(C)C)cc(c1OCC(=O)N(CCC)CCC)COCc1cc(C(C)(C)C)cc(c1OCC(=O)N(CCC)CCC)COC2. The first-order valence-corrected chi connectivity index (χ1v) is 27.0. The van der Waals surface area contributed by atoms with Gasteiger partial charge in [-0.3, -0.25) is 14.4 Å². The molecule has 12 nitrogen and oxygen atoms in total. The van der Waals surface area contributed by atoms with Crippen LogP contribution in [0.15, 0.2) is 36.4 Å². The van der Waals surface area contributed by atoms with Gasteiger partial charge in [0.25, 0.3) is 17.7 Å². The molecule has 0 saturated carbocycles. The second kappa shape index (κ2) is 28.1. The van der Waals surface area contributed by atoms with Crippen molar-refractivity contribution in [1.82, 2.24) is 14.7 Å². The van der Waals surface area contributed by atoms with Crippen molar-refractivity contribution in [3.8, 4) is 17.2 Å². The maximum atomic E-state index is 13.8. The van der Waals surface area contributed by atoms with E-state index in [9.17, 15) is 14.4 Å². The van der Waals surface area contributed by atoms with Crippen LogP contribution in [0.4, 0.5) is 0 Å². The fourth-order valence-electron chi connectivity index (χ4n) is 8.95. The molecule has 72 heavy (non-hydrogen) atoms. The van der Waals surface area contributed by atoms with Crippen LogP contribution in [0.1, 0.15) is 192 Å². The second-order valence-corrected chi connectivity index (χ2v) is 22.6. The lowest BCUT2D eigenvalue weighted by atomic mass is 9.84. The number of ether oxygens (including phenoxy) is 6. The van der Waals surface area contributed by atoms with E-state index < -0.39 is 0 Å². The smallest absolute Gasteiger partial charge is 0.260 e. The fourth-order valence-corrected chi connectivity index (χ4v) is 8.95. The van der Waals surface area contributed by atoms with Gasteiger partial charge < -0.3 is 43.1 Å². The summed E-state index contributed by atoms with van der Waals surface area (Å²) in [6.07, 6.45) is 5.07. The van der Waals surface area contributed by atoms with E-state index in [1.54, 1.807) is 0 Å². The van der Waals surface area contributed by atoms with E-state index in [1.165, 1.54) is 0 Å². The van der Waals surface area contributed by atoms with Gasteiger partial charge >= 0.3 is 0 Å². The molecule has 1 aliphatic rings. The number of carbonyl (C=O) groups excluding carboxylic acids is 3. The number of hydrogen-bond acceptors (Lipinski definition) is 9. The lowest BCUT2D eigenvalue weighted by Gasteiger charge is -2.27. The molecule has 0 atom stereocenters. The van der Waals surface area contributed by atoms with E-state index in [1.807, 2.05) is 14.7 Å². The maximum absolute atomic E-state index is 13.8. The highest BCUT2D eigenvalue weighted by Crippen LogP contribution is 2.38. The molecule has 0 aliphatic carbocycles. The molecule has 0 radical (unpaired) electrons. The van der Waals surface area contributed by atoms with Crippen molar-refractivity contribution in [2.24, 2.45) is 0 Å². The first-order valence-electron chi connectivity index (χ1n) is 27.0. The zero-order valence-electron chi connectivity index (χ0n) is 47.3. The standard InChI is InChI=1S/C60H93N3O9/c1-16-22-61(23-17-2)52(64)40-70-55-43-28-49(58(7,8)9)29-44(55)35-68-37-46-31-51(60(13,14)15)33-48(57(46)72-42-54(66)63(26-20-5)27-21-6)39-69-38-47-32-50(59(10,11)12)30-45(36-67-34-43)56(47)71-41-53(65)62(24-18-3)25-19-4/h28-33H,16-27,34-42H2,1-15H3. The Morgan fingerprint density at radius 3 is 0.708 bits per heavy atom. The zero-order chi connectivity index (χ0) is 53.2. The molecule has 0 saturated heterocycles. The van der Waals surface area contributed by atoms with Crippen LogP contribution in [0, 0.1) is 0 Å². The van der Waals surface area contributed by atoms with E-state index >= 15 is 0 Å². The monoisotopic (exact) mass is 1000 g/mol. The van der Waals surface area contributed by atoms with Crippen LogP contribution >= 0.6 is 0 Å². The van der Waals surface area contributed by atoms with Gasteiger partial charge in [0.05, 0.1) is 39.6 Å². The number of hydrogen-bond donors (Lipinski definition) is 0. The van der Waals surface area contributed by atoms with Gasteiger partial charge in [-0.2, -0.15) is 0 Å². The summed E-state index contributed by atoms with van der Waals surface area (Å²) in [5.41, 5.74) is 7.17. The molecule has 3 aromatic carbocycles. The average molecular weight is 1000 g/mol. The van der Waals surface area contributed by atoms with Gasteiger partial charge in [0, 0.05) is 72.6 Å². The fraction of sp³-hybridized carbons (Fsp3) is 0.650. The average Bonchev–Trinajstić information content (AvgIpc) is 3.31. The minimum absolute atomic E-state index is 0.0763. The van der Waals surface area contributed by atoms with E-state index in [-0.39, 0.29) is 93.4 Å². The molecule has 12 heteroatoms. The summed E-state index contributed by atoms with van der Waals surface area (Å²) < 4.78 is 40.2. The summed E-state index contributed by atoms with van der Waals surface area (Å²) in [6.45, 7) is 36.5. The molecule has 4 rings (SSSR count). The predicted molar refractivity (Wildman–Crippen MR) is 289 cm³/mol. The molecule has 402 valence electrons. The second-order valence-electron chi connectivity index (χ2n) is 22.6. The third kappa shape index (κ3) is 17.5. The number of benzene rings is 3. The van der Waals surface area contributed by atoms with Gasteiger partial charge in [-0.05, 0) is 108 Å². The van der Waals surface area contributed by atoms with Crippen molar-refractivity contribution in [2.75, 3.05) is 59.1 Å². The molecule has 0 N–H and O–H groups in total. The van der Waals surface area contributed by atoms with Crippen molar-refractivity contribution < 1.29 is 42.8 Å². The van der Waals surface area contributed by atoms with Crippen LogP contribution in [0.2, 0.25) is 0 Å². The molecular formula is C60H93N3O9. The van der Waals surface area contributed by atoms with Crippen molar-refractivity contribution in [3.05, 3.63) is 86.5 Å². The first kappa shape index (κ1) is 59.9. The van der Waals surface area contributed by atoms with Crippen LogP contribution in [0.3, 0.4) is 0 Å². The highest BCUT2D eigenvalue weighted by Gasteiger charge is 2.27. The number of nitrogens with zero attached hydrogens (tertiary/aromatic N) is 3. The maximum Gasteiger partial charge on any atom is 0.260 e. The first-order chi connectivity index (χ1) is 34.1. The van der Waals surface area contributed by atoms with E-state index in [0.29, 0.717) is 56.5 Å². The number of amides is 3. The van der Waals surface area contributed by atoms with Gasteiger partial charge in [-0.15, -0.1) is 0 Å². The summed E-state index contributed by atoms with van der Waals surface area (Å²) in [7, 11) is 0. The molecule has 1 heterocycles. The third-order valence-corrected chi connectivity index (χ3v) is 12.9. The topological polar surface area (TPSA) is 116 Å². The highest BCUT2D eigenvalue weighted by atomic mass is 16.5. The Morgan fingerprint density at radius 1 is 0.375 bits per heavy atom. The Bertz CT molecular complexity index is 1880. The molecular weight excluding hydrogens is 907 g/mol. The Kier molecular flexibility index (Phi) is 23.4. The molecule has 0 unspecified atom stereocenters. The molecule has 1 aliphatic heterocycles. The van der Waals surface area contributed by atoms with Crippen LogP contribution in [0.25, 0.3) is 0 Å². The lowest BCUT2D eigenvalue weighted by Crippen LogP contribution is -2.36. The van der Waals surface area contributed by atoms with Gasteiger partial charge in [-0.25, -0.2) is 0 Å². The van der Waals surface area contributed by atoms with Crippen molar-refractivity contribution in [2.45, 2.75) is 198 Å². The number of rotatable bonds is 21. The molecule has 3 aromatic rings. The van der Waals surface area contributed by atoms with Gasteiger partial charge in [0.2, 0.25) is 0 Å². The molecule has 0 spiro atoms. The third-order valence-electron chi connectivity index (χ3n) is 12.9. The molecule has 0 aromatic heterocycles. The van der Waals surface area contributed by atoms with Gasteiger partial charge in [-0.1, -0.05) is 104 Å².